The van der Waals surface area contributed by atoms with E-state index in [-0.39, 0.29) is 0 Å². The van der Waals surface area contributed by atoms with Crippen molar-refractivity contribution in [3.63, 3.8) is 0 Å². The van der Waals surface area contributed by atoms with Crippen molar-refractivity contribution in [2.75, 3.05) is 6.26 Å². The van der Waals surface area contributed by atoms with Gasteiger partial charge in [0.05, 0.1) is 6.42 Å². The molecule has 2 bridgehead atoms. The van der Waals surface area contributed by atoms with E-state index in [2.05, 4.69) is 28.3 Å². The predicted octanol–water partition coefficient (Wildman–Crippen LogP) is 3.60. The van der Waals surface area contributed by atoms with E-state index in [4.69, 9.17) is 0 Å². The van der Waals surface area contributed by atoms with Gasteiger partial charge in [-0.3, -0.25) is 4.79 Å². The molecule has 2 unspecified atom stereocenters. The number of carbonyl (C=O) groups excluding carboxylic acids is 1. The summed E-state index contributed by atoms with van der Waals surface area (Å²) in [7, 11) is 0. The summed E-state index contributed by atoms with van der Waals surface area (Å²) >= 11 is 1.97. The van der Waals surface area contributed by atoms with Gasteiger partial charge in [0.15, 0.2) is 0 Å². The Morgan fingerprint density at radius 2 is 2.00 bits per heavy atom. The Morgan fingerprint density at radius 3 is 2.73 bits per heavy atom. The number of piperidine rings is 1. The summed E-state index contributed by atoms with van der Waals surface area (Å²) in [6.07, 6.45) is 9.48. The van der Waals surface area contributed by atoms with Crippen LogP contribution in [0.25, 0.3) is 10.9 Å². The topological polar surface area (TPSA) is 36.1 Å². The molecule has 0 radical (unpaired) electrons. The minimum absolute atomic E-state index is 0.316. The molecule has 2 aliphatic heterocycles. The summed E-state index contributed by atoms with van der Waals surface area (Å²) in [5.41, 5.74) is 2.25. The SMILES string of the molecule is CSC1CC2CCC(C1)N2C(=O)Cc1c[nH]c2ccccc12. The number of benzene rings is 1. The van der Waals surface area contributed by atoms with Crippen molar-refractivity contribution in [3.05, 3.63) is 36.0 Å². The molecule has 2 atom stereocenters. The van der Waals surface area contributed by atoms with Crippen LogP contribution in [0.4, 0.5) is 0 Å². The van der Waals surface area contributed by atoms with Crippen LogP contribution in [-0.2, 0) is 11.2 Å². The van der Waals surface area contributed by atoms with Crippen LogP contribution in [0.15, 0.2) is 30.5 Å². The third-order valence-electron chi connectivity index (χ3n) is 5.33. The van der Waals surface area contributed by atoms with E-state index in [1.54, 1.807) is 0 Å². The Bertz CT molecular complexity index is 681. The molecule has 4 heteroatoms. The highest BCUT2D eigenvalue weighted by molar-refractivity contribution is 7.99. The third kappa shape index (κ3) is 2.34. The second-order valence-corrected chi connectivity index (χ2v) is 7.69. The molecule has 1 amide bonds. The molecule has 0 spiro atoms. The van der Waals surface area contributed by atoms with Gasteiger partial charge in [-0.2, -0.15) is 11.8 Å². The summed E-state index contributed by atoms with van der Waals surface area (Å²) < 4.78 is 0. The van der Waals surface area contributed by atoms with E-state index in [1.807, 2.05) is 30.1 Å². The van der Waals surface area contributed by atoms with Gasteiger partial charge >= 0.3 is 0 Å². The molecular weight excluding hydrogens is 292 g/mol. The Balaban J connectivity index is 1.53. The van der Waals surface area contributed by atoms with Crippen LogP contribution < -0.4 is 0 Å². The van der Waals surface area contributed by atoms with E-state index >= 15 is 0 Å². The maximum absolute atomic E-state index is 12.9. The number of H-pyrrole nitrogens is 1. The number of aromatic amines is 1. The average Bonchev–Trinajstić information content (AvgIpc) is 3.06. The average molecular weight is 314 g/mol. The van der Waals surface area contributed by atoms with Crippen molar-refractivity contribution in [1.82, 2.24) is 9.88 Å². The van der Waals surface area contributed by atoms with Gasteiger partial charge in [0.1, 0.15) is 0 Å². The van der Waals surface area contributed by atoms with E-state index in [0.717, 1.165) is 16.3 Å². The summed E-state index contributed by atoms with van der Waals surface area (Å²) in [6.45, 7) is 0. The molecular formula is C18H22N2OS. The number of carbonyl (C=O) groups is 1. The number of fused-ring (bicyclic) bond motifs is 3. The highest BCUT2D eigenvalue weighted by atomic mass is 32.2. The van der Waals surface area contributed by atoms with Crippen molar-refractivity contribution in [3.8, 4) is 0 Å². The lowest BCUT2D eigenvalue weighted by molar-refractivity contribution is -0.134. The van der Waals surface area contributed by atoms with Crippen molar-refractivity contribution in [2.45, 2.75) is 49.4 Å². The first-order valence-corrected chi connectivity index (χ1v) is 9.44. The number of nitrogens with one attached hydrogen (secondary N) is 1. The second-order valence-electron chi connectivity index (χ2n) is 6.55. The number of para-hydroxylation sites is 1. The summed E-state index contributed by atoms with van der Waals surface area (Å²) in [4.78, 5) is 18.4. The monoisotopic (exact) mass is 314 g/mol. The Kier molecular flexibility index (Phi) is 3.65. The Labute approximate surface area is 135 Å². The molecule has 3 nitrogen and oxygen atoms in total. The fraction of sp³-hybridized carbons (Fsp3) is 0.500. The summed E-state index contributed by atoms with van der Waals surface area (Å²) in [6, 6.07) is 9.19. The van der Waals surface area contributed by atoms with Crippen LogP contribution >= 0.6 is 11.8 Å². The highest BCUT2D eigenvalue weighted by Crippen LogP contribution is 2.40. The maximum atomic E-state index is 12.9. The van der Waals surface area contributed by atoms with Crippen molar-refractivity contribution in [1.29, 1.82) is 0 Å². The fourth-order valence-corrected chi connectivity index (χ4v) is 5.09. The van der Waals surface area contributed by atoms with Crippen molar-refractivity contribution < 1.29 is 4.79 Å². The zero-order chi connectivity index (χ0) is 15.1. The first-order valence-electron chi connectivity index (χ1n) is 8.15. The molecule has 1 aromatic carbocycles. The van der Waals surface area contributed by atoms with Gasteiger partial charge in [0.25, 0.3) is 0 Å². The number of hydrogen-bond acceptors (Lipinski definition) is 2. The summed E-state index contributed by atoms with van der Waals surface area (Å²) in [5, 5.41) is 1.93. The van der Waals surface area contributed by atoms with Gasteiger partial charge in [-0.1, -0.05) is 18.2 Å². The lowest BCUT2D eigenvalue weighted by Gasteiger charge is -2.38. The summed E-state index contributed by atoms with van der Waals surface area (Å²) in [5.74, 6) is 0.316. The van der Waals surface area contributed by atoms with E-state index in [9.17, 15) is 4.79 Å². The largest absolute Gasteiger partial charge is 0.361 e. The highest BCUT2D eigenvalue weighted by Gasteiger charge is 2.42. The lowest BCUT2D eigenvalue weighted by atomic mass is 10.0. The van der Waals surface area contributed by atoms with Crippen molar-refractivity contribution >= 4 is 28.6 Å². The Hall–Kier alpha value is -1.42. The van der Waals surface area contributed by atoms with Crippen LogP contribution in [-0.4, -0.2) is 39.4 Å². The van der Waals surface area contributed by atoms with E-state index < -0.39 is 0 Å². The molecule has 0 aliphatic carbocycles. The van der Waals surface area contributed by atoms with Crippen molar-refractivity contribution in [2.24, 2.45) is 0 Å². The minimum atomic E-state index is 0.316. The van der Waals surface area contributed by atoms with Crippen LogP contribution in [0.3, 0.4) is 0 Å². The molecule has 4 rings (SSSR count). The molecule has 2 saturated heterocycles. The van der Waals surface area contributed by atoms with Crippen LogP contribution in [0.5, 0.6) is 0 Å². The molecule has 2 fully saturated rings. The molecule has 116 valence electrons. The molecule has 0 saturated carbocycles. The molecule has 2 aromatic rings. The van der Waals surface area contributed by atoms with E-state index in [0.29, 0.717) is 24.4 Å². The quantitative estimate of drug-likeness (QED) is 0.940. The first kappa shape index (κ1) is 14.2. The molecule has 3 heterocycles. The number of nitrogens with zero attached hydrogens (tertiary/aromatic N) is 1. The first-order chi connectivity index (χ1) is 10.8. The van der Waals surface area contributed by atoms with Gasteiger partial charge < -0.3 is 9.88 Å². The lowest BCUT2D eigenvalue weighted by Crippen LogP contribution is -2.47. The Morgan fingerprint density at radius 1 is 1.27 bits per heavy atom. The zero-order valence-electron chi connectivity index (χ0n) is 12.9. The van der Waals surface area contributed by atoms with Gasteiger partial charge in [0.2, 0.25) is 5.91 Å². The minimum Gasteiger partial charge on any atom is -0.361 e. The van der Waals surface area contributed by atoms with Crippen LogP contribution in [0.2, 0.25) is 0 Å². The smallest absolute Gasteiger partial charge is 0.227 e. The maximum Gasteiger partial charge on any atom is 0.227 e. The number of rotatable bonds is 3. The number of amides is 1. The second kappa shape index (κ2) is 5.65. The van der Waals surface area contributed by atoms with Gasteiger partial charge in [-0.25, -0.2) is 0 Å². The van der Waals surface area contributed by atoms with Crippen LogP contribution in [0, 0.1) is 0 Å². The number of hydrogen-bond donors (Lipinski definition) is 1. The normalized spacial score (nSPS) is 27.5. The number of aromatic nitrogens is 1. The number of thioether (sulfide) groups is 1. The van der Waals surface area contributed by atoms with Gasteiger partial charge in [0, 0.05) is 34.4 Å². The van der Waals surface area contributed by atoms with E-state index in [1.165, 1.54) is 31.1 Å². The zero-order valence-corrected chi connectivity index (χ0v) is 13.7. The molecule has 1 N–H and O–H groups in total. The third-order valence-corrected chi connectivity index (χ3v) is 6.38. The van der Waals surface area contributed by atoms with Gasteiger partial charge in [-0.05, 0) is 43.6 Å². The molecule has 22 heavy (non-hydrogen) atoms. The fourth-order valence-electron chi connectivity index (χ4n) is 4.26. The van der Waals surface area contributed by atoms with Crippen LogP contribution in [0.1, 0.15) is 31.2 Å². The predicted molar refractivity (Wildman–Crippen MR) is 92.2 cm³/mol. The molecule has 2 aliphatic rings. The standard InChI is InChI=1S/C18H22N2OS/c1-22-15-9-13-6-7-14(10-15)20(13)18(21)8-12-11-19-17-5-3-2-4-16(12)17/h2-5,11,13-15,19H,6-10H2,1H3. The molecule has 1 aromatic heterocycles. The van der Waals surface area contributed by atoms with Gasteiger partial charge in [-0.15, -0.1) is 0 Å².